The number of hydrogen-bond acceptors (Lipinski definition) is 4. The van der Waals surface area contributed by atoms with Crippen LogP contribution in [0.3, 0.4) is 0 Å². The molecule has 72 valence electrons. The molecule has 1 aromatic heterocycles. The Balaban J connectivity index is 1.78. The fourth-order valence-corrected chi connectivity index (χ4v) is 2.45. The van der Waals surface area contributed by atoms with E-state index in [-0.39, 0.29) is 0 Å². The second-order valence-electron chi connectivity index (χ2n) is 3.25. The van der Waals surface area contributed by atoms with E-state index in [1.165, 1.54) is 37.3 Å². The molecule has 0 bridgehead atoms. The summed E-state index contributed by atoms with van der Waals surface area (Å²) in [5, 5.41) is 8.82. The SMILES string of the molecule is Clc1nnc(CCN2CCCC2)s1. The van der Waals surface area contributed by atoms with Gasteiger partial charge in [-0.2, -0.15) is 0 Å². The molecule has 2 rings (SSSR count). The fourth-order valence-electron chi connectivity index (χ4n) is 1.59. The molecule has 1 aromatic rings. The van der Waals surface area contributed by atoms with Crippen LogP contribution in [0.4, 0.5) is 0 Å². The highest BCUT2D eigenvalue weighted by atomic mass is 35.5. The molecule has 13 heavy (non-hydrogen) atoms. The van der Waals surface area contributed by atoms with Crippen LogP contribution in [0.25, 0.3) is 0 Å². The predicted octanol–water partition coefficient (Wildman–Crippen LogP) is 1.83. The van der Waals surface area contributed by atoms with Gasteiger partial charge in [-0.05, 0) is 37.5 Å². The number of hydrogen-bond donors (Lipinski definition) is 0. The summed E-state index contributed by atoms with van der Waals surface area (Å²) in [5.74, 6) is 0. The van der Waals surface area contributed by atoms with Gasteiger partial charge in [-0.25, -0.2) is 0 Å². The first kappa shape index (κ1) is 9.37. The normalized spacial score (nSPS) is 18.2. The molecule has 0 unspecified atom stereocenters. The minimum atomic E-state index is 0.552. The minimum absolute atomic E-state index is 0.552. The molecule has 0 atom stereocenters. The summed E-state index contributed by atoms with van der Waals surface area (Å²) in [6, 6.07) is 0. The van der Waals surface area contributed by atoms with E-state index in [9.17, 15) is 0 Å². The van der Waals surface area contributed by atoms with Crippen LogP contribution in [-0.4, -0.2) is 34.7 Å². The highest BCUT2D eigenvalue weighted by molar-refractivity contribution is 7.15. The van der Waals surface area contributed by atoms with E-state index < -0.39 is 0 Å². The first-order chi connectivity index (χ1) is 6.34. The zero-order chi connectivity index (χ0) is 9.10. The average molecular weight is 218 g/mol. The predicted molar refractivity (Wildman–Crippen MR) is 54.3 cm³/mol. The van der Waals surface area contributed by atoms with Gasteiger partial charge < -0.3 is 4.90 Å². The van der Waals surface area contributed by atoms with Crippen molar-refractivity contribution in [1.29, 1.82) is 0 Å². The van der Waals surface area contributed by atoms with Crippen molar-refractivity contribution in [1.82, 2.24) is 15.1 Å². The van der Waals surface area contributed by atoms with Gasteiger partial charge in [-0.1, -0.05) is 11.3 Å². The van der Waals surface area contributed by atoms with Gasteiger partial charge in [0.15, 0.2) is 0 Å². The molecule has 1 fully saturated rings. The number of nitrogens with zero attached hydrogens (tertiary/aromatic N) is 3. The molecule has 1 aliphatic rings. The first-order valence-corrected chi connectivity index (χ1v) is 5.74. The van der Waals surface area contributed by atoms with Crippen molar-refractivity contribution < 1.29 is 0 Å². The van der Waals surface area contributed by atoms with Gasteiger partial charge in [0.1, 0.15) is 5.01 Å². The van der Waals surface area contributed by atoms with E-state index in [2.05, 4.69) is 15.1 Å². The van der Waals surface area contributed by atoms with Crippen LogP contribution >= 0.6 is 22.9 Å². The quantitative estimate of drug-likeness (QED) is 0.774. The number of aromatic nitrogens is 2. The molecule has 0 aromatic carbocycles. The van der Waals surface area contributed by atoms with Gasteiger partial charge in [-0.15, -0.1) is 10.2 Å². The van der Waals surface area contributed by atoms with Crippen LogP contribution in [0.5, 0.6) is 0 Å². The van der Waals surface area contributed by atoms with Gasteiger partial charge in [0.2, 0.25) is 4.47 Å². The van der Waals surface area contributed by atoms with E-state index in [0.29, 0.717) is 4.47 Å². The standard InChI is InChI=1S/C8H12ClN3S/c9-8-11-10-7(13-8)3-6-12-4-1-2-5-12/h1-6H2. The molecule has 0 N–H and O–H groups in total. The maximum Gasteiger partial charge on any atom is 0.207 e. The molecule has 3 nitrogen and oxygen atoms in total. The summed E-state index contributed by atoms with van der Waals surface area (Å²) in [6.45, 7) is 3.59. The van der Waals surface area contributed by atoms with E-state index in [0.717, 1.165) is 18.0 Å². The molecule has 0 spiro atoms. The van der Waals surface area contributed by atoms with Gasteiger partial charge >= 0.3 is 0 Å². The van der Waals surface area contributed by atoms with E-state index >= 15 is 0 Å². The maximum atomic E-state index is 5.69. The lowest BCUT2D eigenvalue weighted by Crippen LogP contribution is -2.21. The van der Waals surface area contributed by atoms with Crippen molar-refractivity contribution in [2.24, 2.45) is 0 Å². The number of halogens is 1. The van der Waals surface area contributed by atoms with E-state index in [1.807, 2.05) is 0 Å². The third kappa shape index (κ3) is 2.62. The third-order valence-electron chi connectivity index (χ3n) is 2.28. The van der Waals surface area contributed by atoms with Crippen LogP contribution in [0, 0.1) is 0 Å². The molecule has 0 saturated carbocycles. The topological polar surface area (TPSA) is 29.0 Å². The second kappa shape index (κ2) is 4.35. The molecule has 0 radical (unpaired) electrons. The molecule has 2 heterocycles. The second-order valence-corrected chi connectivity index (χ2v) is 4.89. The molecular formula is C8H12ClN3S. The summed E-state index contributed by atoms with van der Waals surface area (Å²) < 4.78 is 0.552. The molecular weight excluding hydrogens is 206 g/mol. The number of likely N-dealkylation sites (tertiary alicyclic amines) is 1. The summed E-state index contributed by atoms with van der Waals surface area (Å²) >= 11 is 7.17. The number of rotatable bonds is 3. The van der Waals surface area contributed by atoms with Crippen LogP contribution < -0.4 is 0 Å². The average Bonchev–Trinajstić information content (AvgIpc) is 2.71. The molecule has 1 saturated heterocycles. The Morgan fingerprint density at radius 2 is 2.08 bits per heavy atom. The Morgan fingerprint density at radius 3 is 2.69 bits per heavy atom. The van der Waals surface area contributed by atoms with Crippen molar-refractivity contribution in [3.63, 3.8) is 0 Å². The highest BCUT2D eigenvalue weighted by Crippen LogP contribution is 2.16. The van der Waals surface area contributed by atoms with Crippen LogP contribution in [-0.2, 0) is 6.42 Å². The summed E-state index contributed by atoms with van der Waals surface area (Å²) in [7, 11) is 0. The fraction of sp³-hybridized carbons (Fsp3) is 0.750. The van der Waals surface area contributed by atoms with E-state index in [1.54, 1.807) is 0 Å². The van der Waals surface area contributed by atoms with Gasteiger partial charge in [0, 0.05) is 13.0 Å². The van der Waals surface area contributed by atoms with E-state index in [4.69, 9.17) is 11.6 Å². The molecule has 5 heteroatoms. The lowest BCUT2D eigenvalue weighted by Gasteiger charge is -2.12. The lowest BCUT2D eigenvalue weighted by atomic mass is 10.4. The smallest absolute Gasteiger partial charge is 0.207 e. The zero-order valence-corrected chi connectivity index (χ0v) is 8.94. The zero-order valence-electron chi connectivity index (χ0n) is 7.37. The highest BCUT2D eigenvalue weighted by Gasteiger charge is 2.11. The van der Waals surface area contributed by atoms with Gasteiger partial charge in [0.25, 0.3) is 0 Å². The van der Waals surface area contributed by atoms with Crippen molar-refractivity contribution in [3.05, 3.63) is 9.47 Å². The Morgan fingerprint density at radius 1 is 1.31 bits per heavy atom. The Hall–Kier alpha value is -0.190. The first-order valence-electron chi connectivity index (χ1n) is 4.55. The largest absolute Gasteiger partial charge is 0.303 e. The maximum absolute atomic E-state index is 5.69. The Labute approximate surface area is 86.7 Å². The van der Waals surface area contributed by atoms with Crippen molar-refractivity contribution in [2.75, 3.05) is 19.6 Å². The Kier molecular flexibility index (Phi) is 3.14. The summed E-state index contributed by atoms with van der Waals surface area (Å²) in [5.41, 5.74) is 0. The van der Waals surface area contributed by atoms with Crippen molar-refractivity contribution >= 4 is 22.9 Å². The lowest BCUT2D eigenvalue weighted by molar-refractivity contribution is 0.343. The summed E-state index contributed by atoms with van der Waals surface area (Å²) in [4.78, 5) is 2.47. The van der Waals surface area contributed by atoms with Crippen LogP contribution in [0.2, 0.25) is 4.47 Å². The third-order valence-corrected chi connectivity index (χ3v) is 3.36. The van der Waals surface area contributed by atoms with Crippen LogP contribution in [0.15, 0.2) is 0 Å². The van der Waals surface area contributed by atoms with Crippen molar-refractivity contribution in [3.8, 4) is 0 Å². The van der Waals surface area contributed by atoms with Crippen LogP contribution in [0.1, 0.15) is 17.8 Å². The monoisotopic (exact) mass is 217 g/mol. The van der Waals surface area contributed by atoms with Crippen molar-refractivity contribution in [2.45, 2.75) is 19.3 Å². The molecule has 0 aliphatic carbocycles. The summed E-state index contributed by atoms with van der Waals surface area (Å²) in [6.07, 6.45) is 3.68. The molecule has 1 aliphatic heterocycles. The minimum Gasteiger partial charge on any atom is -0.303 e. The van der Waals surface area contributed by atoms with Gasteiger partial charge in [-0.3, -0.25) is 0 Å². The molecule has 0 amide bonds. The Bertz CT molecular complexity index is 270. The van der Waals surface area contributed by atoms with Gasteiger partial charge in [0.05, 0.1) is 0 Å².